The number of nitrogens with zero attached hydrogens (tertiary/aromatic N) is 1. The van der Waals surface area contributed by atoms with E-state index in [9.17, 15) is 4.79 Å². The Hall–Kier alpha value is -1.62. The number of carbonyl (C=O) groups is 1. The number of aliphatic hydroxyl groups is 1. The summed E-state index contributed by atoms with van der Waals surface area (Å²) in [4.78, 5) is 15.8. The van der Waals surface area contributed by atoms with E-state index in [0.717, 1.165) is 5.56 Å². The van der Waals surface area contributed by atoms with E-state index in [1.807, 2.05) is 0 Å². The van der Waals surface area contributed by atoms with Crippen LogP contribution in [0, 0.1) is 0 Å². The molecule has 0 unspecified atom stereocenters. The zero-order valence-corrected chi connectivity index (χ0v) is 11.2. The summed E-state index contributed by atoms with van der Waals surface area (Å²) >= 11 is 11.6. The number of anilines is 1. The van der Waals surface area contributed by atoms with Crippen molar-refractivity contribution >= 4 is 34.8 Å². The molecule has 0 aliphatic rings. The van der Waals surface area contributed by atoms with Gasteiger partial charge in [-0.1, -0.05) is 35.3 Å². The molecule has 0 aliphatic carbocycles. The van der Waals surface area contributed by atoms with Gasteiger partial charge in [-0.2, -0.15) is 0 Å². The summed E-state index contributed by atoms with van der Waals surface area (Å²) in [6.07, 6.45) is 1.33. The number of aliphatic hydroxyl groups excluding tert-OH is 1. The lowest BCUT2D eigenvalue weighted by atomic mass is 10.2. The molecule has 1 aromatic heterocycles. The lowest BCUT2D eigenvalue weighted by Crippen LogP contribution is -2.12. The zero-order valence-electron chi connectivity index (χ0n) is 9.73. The SMILES string of the molecule is O=C(Nc1ccc(CO)cc1)c1cc(Cl)ncc1Cl. The highest BCUT2D eigenvalue weighted by molar-refractivity contribution is 6.35. The summed E-state index contributed by atoms with van der Waals surface area (Å²) in [5.41, 5.74) is 1.63. The second-order valence-corrected chi connectivity index (χ2v) is 4.59. The first-order valence-corrected chi connectivity index (χ1v) is 6.18. The number of hydrogen-bond donors (Lipinski definition) is 2. The van der Waals surface area contributed by atoms with Gasteiger partial charge in [0.05, 0.1) is 17.2 Å². The number of rotatable bonds is 3. The minimum atomic E-state index is -0.369. The van der Waals surface area contributed by atoms with Gasteiger partial charge in [-0.15, -0.1) is 0 Å². The number of halogens is 2. The minimum Gasteiger partial charge on any atom is -0.392 e. The first-order chi connectivity index (χ1) is 9.10. The van der Waals surface area contributed by atoms with Gasteiger partial charge in [-0.3, -0.25) is 4.79 Å². The zero-order chi connectivity index (χ0) is 13.8. The second kappa shape index (κ2) is 6.02. The molecule has 1 aromatic carbocycles. The highest BCUT2D eigenvalue weighted by Gasteiger charge is 2.11. The largest absolute Gasteiger partial charge is 0.392 e. The average molecular weight is 297 g/mol. The van der Waals surface area contributed by atoms with Crippen molar-refractivity contribution in [3.8, 4) is 0 Å². The fraction of sp³-hybridized carbons (Fsp3) is 0.0769. The molecule has 0 aliphatic heterocycles. The Morgan fingerprint density at radius 2 is 1.95 bits per heavy atom. The predicted molar refractivity (Wildman–Crippen MR) is 74.6 cm³/mol. The minimum absolute atomic E-state index is 0.0416. The van der Waals surface area contributed by atoms with E-state index in [0.29, 0.717) is 5.69 Å². The van der Waals surface area contributed by atoms with Crippen molar-refractivity contribution in [2.75, 3.05) is 5.32 Å². The first kappa shape index (κ1) is 13.8. The van der Waals surface area contributed by atoms with Crippen LogP contribution in [0.4, 0.5) is 5.69 Å². The summed E-state index contributed by atoms with van der Waals surface area (Å²) in [6, 6.07) is 8.23. The van der Waals surface area contributed by atoms with Crippen LogP contribution in [0.25, 0.3) is 0 Å². The average Bonchev–Trinajstić information content (AvgIpc) is 2.42. The molecule has 2 rings (SSSR count). The van der Waals surface area contributed by atoms with Crippen molar-refractivity contribution in [1.82, 2.24) is 4.98 Å². The number of aromatic nitrogens is 1. The van der Waals surface area contributed by atoms with E-state index >= 15 is 0 Å². The normalized spacial score (nSPS) is 10.3. The number of amides is 1. The maximum absolute atomic E-state index is 12.0. The molecular weight excluding hydrogens is 287 g/mol. The predicted octanol–water partition coefficient (Wildman–Crippen LogP) is 3.13. The summed E-state index contributed by atoms with van der Waals surface area (Å²) < 4.78 is 0. The lowest BCUT2D eigenvalue weighted by Gasteiger charge is -2.07. The quantitative estimate of drug-likeness (QED) is 0.856. The number of pyridine rings is 1. The highest BCUT2D eigenvalue weighted by Crippen LogP contribution is 2.20. The van der Waals surface area contributed by atoms with Crippen molar-refractivity contribution in [3.63, 3.8) is 0 Å². The van der Waals surface area contributed by atoms with Crippen LogP contribution in [0.5, 0.6) is 0 Å². The molecule has 2 N–H and O–H groups in total. The Kier molecular flexibility index (Phi) is 4.37. The van der Waals surface area contributed by atoms with Crippen LogP contribution in [0.15, 0.2) is 36.5 Å². The molecule has 2 aromatic rings. The maximum Gasteiger partial charge on any atom is 0.257 e. The summed E-state index contributed by atoms with van der Waals surface area (Å²) in [5, 5.41) is 12.0. The van der Waals surface area contributed by atoms with E-state index in [-0.39, 0.29) is 28.3 Å². The Bertz CT molecular complexity index is 600. The third kappa shape index (κ3) is 3.44. The summed E-state index contributed by atoms with van der Waals surface area (Å²) in [7, 11) is 0. The molecule has 0 bridgehead atoms. The second-order valence-electron chi connectivity index (χ2n) is 3.80. The monoisotopic (exact) mass is 296 g/mol. The number of carbonyl (C=O) groups excluding carboxylic acids is 1. The third-order valence-corrected chi connectivity index (χ3v) is 2.97. The molecule has 0 spiro atoms. The van der Waals surface area contributed by atoms with Crippen LogP contribution in [0.2, 0.25) is 10.2 Å². The van der Waals surface area contributed by atoms with Gasteiger partial charge in [0, 0.05) is 11.9 Å². The van der Waals surface area contributed by atoms with Gasteiger partial charge in [-0.25, -0.2) is 4.98 Å². The van der Waals surface area contributed by atoms with E-state index in [2.05, 4.69) is 10.3 Å². The molecular formula is C13H10Cl2N2O2. The van der Waals surface area contributed by atoms with Crippen molar-refractivity contribution in [1.29, 1.82) is 0 Å². The lowest BCUT2D eigenvalue weighted by molar-refractivity contribution is 0.102. The van der Waals surface area contributed by atoms with Crippen LogP contribution >= 0.6 is 23.2 Å². The summed E-state index contributed by atoms with van der Waals surface area (Å²) in [5.74, 6) is -0.369. The number of hydrogen-bond acceptors (Lipinski definition) is 3. The van der Waals surface area contributed by atoms with Gasteiger partial charge in [0.25, 0.3) is 5.91 Å². The molecule has 1 heterocycles. The molecule has 0 saturated carbocycles. The molecule has 1 amide bonds. The molecule has 6 heteroatoms. The van der Waals surface area contributed by atoms with Crippen LogP contribution in [-0.4, -0.2) is 16.0 Å². The van der Waals surface area contributed by atoms with Crippen LogP contribution < -0.4 is 5.32 Å². The molecule has 0 radical (unpaired) electrons. The Labute approximate surface area is 120 Å². The Balaban J connectivity index is 2.18. The third-order valence-electron chi connectivity index (χ3n) is 2.46. The molecule has 4 nitrogen and oxygen atoms in total. The van der Waals surface area contributed by atoms with Crippen LogP contribution in [0.3, 0.4) is 0 Å². The molecule has 0 saturated heterocycles. The summed E-state index contributed by atoms with van der Waals surface area (Å²) in [6.45, 7) is -0.0416. The highest BCUT2D eigenvalue weighted by atomic mass is 35.5. The molecule has 98 valence electrons. The smallest absolute Gasteiger partial charge is 0.257 e. The standard InChI is InChI=1S/C13H10Cl2N2O2/c14-11-6-16-12(15)5-10(11)13(19)17-9-3-1-8(7-18)2-4-9/h1-6,18H,7H2,(H,17,19). The van der Waals surface area contributed by atoms with Crippen molar-refractivity contribution in [2.24, 2.45) is 0 Å². The van der Waals surface area contributed by atoms with Gasteiger partial charge in [0.2, 0.25) is 0 Å². The molecule has 0 fully saturated rings. The molecule has 19 heavy (non-hydrogen) atoms. The van der Waals surface area contributed by atoms with E-state index < -0.39 is 0 Å². The van der Waals surface area contributed by atoms with E-state index in [4.69, 9.17) is 28.3 Å². The van der Waals surface area contributed by atoms with Gasteiger partial charge < -0.3 is 10.4 Å². The Morgan fingerprint density at radius 1 is 1.26 bits per heavy atom. The van der Waals surface area contributed by atoms with Crippen molar-refractivity contribution in [2.45, 2.75) is 6.61 Å². The van der Waals surface area contributed by atoms with E-state index in [1.165, 1.54) is 12.3 Å². The van der Waals surface area contributed by atoms with E-state index in [1.54, 1.807) is 24.3 Å². The number of nitrogens with one attached hydrogen (secondary N) is 1. The Morgan fingerprint density at radius 3 is 2.58 bits per heavy atom. The van der Waals surface area contributed by atoms with Gasteiger partial charge >= 0.3 is 0 Å². The fourth-order valence-corrected chi connectivity index (χ4v) is 1.83. The topological polar surface area (TPSA) is 62.2 Å². The number of benzene rings is 1. The van der Waals surface area contributed by atoms with Gasteiger partial charge in [0.15, 0.2) is 0 Å². The first-order valence-electron chi connectivity index (χ1n) is 5.42. The maximum atomic E-state index is 12.0. The van der Waals surface area contributed by atoms with Crippen LogP contribution in [-0.2, 0) is 6.61 Å². The van der Waals surface area contributed by atoms with Crippen molar-refractivity contribution < 1.29 is 9.90 Å². The molecule has 0 atom stereocenters. The van der Waals surface area contributed by atoms with Crippen LogP contribution in [0.1, 0.15) is 15.9 Å². The van der Waals surface area contributed by atoms with Gasteiger partial charge in [-0.05, 0) is 23.8 Å². The van der Waals surface area contributed by atoms with Gasteiger partial charge in [0.1, 0.15) is 5.15 Å². The fourth-order valence-electron chi connectivity index (χ4n) is 1.48. The van der Waals surface area contributed by atoms with Crippen molar-refractivity contribution in [3.05, 3.63) is 57.8 Å².